The summed E-state index contributed by atoms with van der Waals surface area (Å²) in [5.74, 6) is 0.336. The highest BCUT2D eigenvalue weighted by Crippen LogP contribution is 2.44. The van der Waals surface area contributed by atoms with Crippen LogP contribution >= 0.6 is 0 Å². The van der Waals surface area contributed by atoms with E-state index >= 15 is 4.39 Å². The number of carbonyl (C=O) groups excluding carboxylic acids is 2. The molecule has 1 amide bonds. The van der Waals surface area contributed by atoms with Gasteiger partial charge >= 0.3 is 0 Å². The van der Waals surface area contributed by atoms with Crippen molar-refractivity contribution in [1.82, 2.24) is 9.47 Å². The van der Waals surface area contributed by atoms with Crippen molar-refractivity contribution >= 4 is 34.4 Å². The monoisotopic (exact) mass is 593 g/mol. The minimum Gasteiger partial charge on any atom is -0.493 e. The van der Waals surface area contributed by atoms with Crippen LogP contribution in [-0.2, 0) is 4.79 Å². The number of hydrogen-bond donors (Lipinski definition) is 0. The Kier molecular flexibility index (Phi) is 8.34. The molecule has 2 heterocycles. The van der Waals surface area contributed by atoms with E-state index in [1.165, 1.54) is 47.5 Å². The Morgan fingerprint density at radius 2 is 1.60 bits per heavy atom. The number of ether oxygens (including phenoxy) is 4. The molecule has 10 nitrogen and oxygen atoms in total. The smallest absolute Gasteiger partial charge is 0.219 e. The maximum absolute atomic E-state index is 15.9. The Hall–Kier alpha value is -4.54. The van der Waals surface area contributed by atoms with Gasteiger partial charge in [-0.1, -0.05) is 6.08 Å². The number of ketones is 1. The molecule has 0 radical (unpaired) electrons. The van der Waals surface area contributed by atoms with Crippen LogP contribution in [0.25, 0.3) is 17.0 Å². The van der Waals surface area contributed by atoms with Gasteiger partial charge in [0.2, 0.25) is 17.1 Å². The van der Waals surface area contributed by atoms with E-state index in [4.69, 9.17) is 18.9 Å². The zero-order valence-electron chi connectivity index (χ0n) is 25.2. The van der Waals surface area contributed by atoms with Crippen molar-refractivity contribution in [3.8, 4) is 23.0 Å². The van der Waals surface area contributed by atoms with Crippen molar-refractivity contribution in [2.75, 3.05) is 53.0 Å². The fourth-order valence-corrected chi connectivity index (χ4v) is 5.84. The Balaban J connectivity index is 1.58. The number of amides is 1. The highest BCUT2D eigenvalue weighted by molar-refractivity contribution is 6.08. The molecule has 0 N–H and O–H groups in total. The van der Waals surface area contributed by atoms with Gasteiger partial charge in [-0.25, -0.2) is 4.39 Å². The van der Waals surface area contributed by atoms with Crippen molar-refractivity contribution < 1.29 is 32.9 Å². The zero-order valence-corrected chi connectivity index (χ0v) is 25.2. The molecule has 1 saturated carbocycles. The summed E-state index contributed by atoms with van der Waals surface area (Å²) >= 11 is 0. The van der Waals surface area contributed by atoms with E-state index in [-0.39, 0.29) is 40.4 Å². The van der Waals surface area contributed by atoms with Crippen molar-refractivity contribution in [3.05, 3.63) is 57.6 Å². The molecule has 5 rings (SSSR count). The van der Waals surface area contributed by atoms with Crippen LogP contribution in [0.5, 0.6) is 23.0 Å². The van der Waals surface area contributed by atoms with Gasteiger partial charge in [0.05, 0.1) is 44.9 Å². The molecule has 11 heteroatoms. The zero-order chi connectivity index (χ0) is 31.0. The van der Waals surface area contributed by atoms with Gasteiger partial charge in [0.15, 0.2) is 28.8 Å². The summed E-state index contributed by atoms with van der Waals surface area (Å²) in [5, 5.41) is 0.0763. The van der Waals surface area contributed by atoms with Gasteiger partial charge in [0.25, 0.3) is 0 Å². The molecule has 1 saturated heterocycles. The number of benzene rings is 2. The van der Waals surface area contributed by atoms with Crippen LogP contribution in [0.2, 0.25) is 0 Å². The number of hydrogen-bond acceptors (Lipinski definition) is 8. The van der Waals surface area contributed by atoms with Gasteiger partial charge in [-0.3, -0.25) is 14.4 Å². The molecular weight excluding hydrogens is 557 g/mol. The maximum atomic E-state index is 15.9. The summed E-state index contributed by atoms with van der Waals surface area (Å²) in [7, 11) is 5.95. The number of halogens is 1. The average Bonchev–Trinajstić information content (AvgIpc) is 3.84. The van der Waals surface area contributed by atoms with Gasteiger partial charge in [0, 0.05) is 44.8 Å². The van der Waals surface area contributed by atoms with Crippen molar-refractivity contribution in [2.45, 2.75) is 38.8 Å². The molecule has 2 aliphatic rings. The normalized spacial score (nSPS) is 17.0. The molecule has 1 unspecified atom stereocenters. The van der Waals surface area contributed by atoms with E-state index in [9.17, 15) is 14.4 Å². The van der Waals surface area contributed by atoms with Crippen LogP contribution in [0.15, 0.2) is 35.3 Å². The van der Waals surface area contributed by atoms with E-state index in [2.05, 4.69) is 0 Å². The lowest BCUT2D eigenvalue weighted by Crippen LogP contribution is -2.53. The standard InChI is InChI=1S/C32H36FN3O7/c1-18-16-34(11-12-35(18)19(2)37)29-24(33)15-22-28(32(29)43-6)36(21-8-9-21)17-23(30(22)39)25(38)10-7-20-13-26(40-3)31(42-5)27(14-20)41-4/h7,10,13-15,17-18,21H,8-9,11-12,16H2,1-6H3/b10-7+. The van der Waals surface area contributed by atoms with Crippen LogP contribution in [0.3, 0.4) is 0 Å². The third-order valence-corrected chi connectivity index (χ3v) is 8.07. The minimum absolute atomic E-state index is 0.0304. The lowest BCUT2D eigenvalue weighted by molar-refractivity contribution is -0.131. The summed E-state index contributed by atoms with van der Waals surface area (Å²) in [6.07, 6.45) is 6.14. The first-order valence-electron chi connectivity index (χ1n) is 14.1. The van der Waals surface area contributed by atoms with Crippen LogP contribution in [0.1, 0.15) is 48.7 Å². The first kappa shape index (κ1) is 29.9. The van der Waals surface area contributed by atoms with Gasteiger partial charge < -0.3 is 33.3 Å². The lowest BCUT2D eigenvalue weighted by Gasteiger charge is -2.41. The minimum atomic E-state index is -0.621. The Morgan fingerprint density at radius 3 is 2.14 bits per heavy atom. The molecule has 1 atom stereocenters. The van der Waals surface area contributed by atoms with Gasteiger partial charge in [0.1, 0.15) is 5.69 Å². The molecule has 2 fully saturated rings. The first-order valence-corrected chi connectivity index (χ1v) is 14.1. The van der Waals surface area contributed by atoms with Gasteiger partial charge in [-0.2, -0.15) is 0 Å². The maximum Gasteiger partial charge on any atom is 0.219 e. The quantitative estimate of drug-likeness (QED) is 0.265. The van der Waals surface area contributed by atoms with Crippen LogP contribution in [-0.4, -0.2) is 75.3 Å². The van der Waals surface area contributed by atoms with Crippen molar-refractivity contribution in [1.29, 1.82) is 0 Å². The van der Waals surface area contributed by atoms with Crippen LogP contribution in [0, 0.1) is 5.82 Å². The number of fused-ring (bicyclic) bond motifs is 1. The first-order chi connectivity index (χ1) is 20.6. The number of rotatable bonds is 9. The number of aromatic nitrogens is 1. The third-order valence-electron chi connectivity index (χ3n) is 8.07. The summed E-state index contributed by atoms with van der Waals surface area (Å²) in [6.45, 7) is 4.71. The number of nitrogens with zero attached hydrogens (tertiary/aromatic N) is 3. The molecule has 2 aromatic carbocycles. The second kappa shape index (κ2) is 12.0. The van der Waals surface area contributed by atoms with Crippen molar-refractivity contribution in [3.63, 3.8) is 0 Å². The molecular formula is C32H36FN3O7. The number of carbonyl (C=O) groups is 2. The molecule has 1 aromatic heterocycles. The fraction of sp³-hybridized carbons (Fsp3) is 0.406. The summed E-state index contributed by atoms with van der Waals surface area (Å²) < 4.78 is 39.7. The number of pyridine rings is 1. The Bertz CT molecular complexity index is 1650. The second-order valence-electron chi connectivity index (χ2n) is 10.8. The average molecular weight is 594 g/mol. The molecule has 228 valence electrons. The second-order valence-corrected chi connectivity index (χ2v) is 10.8. The van der Waals surface area contributed by atoms with E-state index in [1.54, 1.807) is 29.3 Å². The number of anilines is 1. The lowest BCUT2D eigenvalue weighted by atomic mass is 10.0. The predicted molar refractivity (Wildman–Crippen MR) is 162 cm³/mol. The fourth-order valence-electron chi connectivity index (χ4n) is 5.84. The van der Waals surface area contributed by atoms with Gasteiger partial charge in [-0.05, 0) is 49.6 Å². The molecule has 0 bridgehead atoms. The topological polar surface area (TPSA) is 99.5 Å². The largest absolute Gasteiger partial charge is 0.493 e. The number of piperazine rings is 1. The number of allylic oxidation sites excluding steroid dienone is 1. The highest BCUT2D eigenvalue weighted by atomic mass is 19.1. The number of methoxy groups -OCH3 is 4. The summed E-state index contributed by atoms with van der Waals surface area (Å²) in [4.78, 5) is 42.8. The predicted octanol–water partition coefficient (Wildman–Crippen LogP) is 4.46. The molecule has 1 aliphatic carbocycles. The van der Waals surface area contributed by atoms with Crippen molar-refractivity contribution in [2.24, 2.45) is 0 Å². The third kappa shape index (κ3) is 5.51. The Morgan fingerprint density at radius 1 is 0.953 bits per heavy atom. The summed E-state index contributed by atoms with van der Waals surface area (Å²) in [5.41, 5.74) is 0.659. The molecule has 1 aliphatic heterocycles. The van der Waals surface area contributed by atoms with E-state index in [0.717, 1.165) is 12.8 Å². The SMILES string of the molecule is COc1cc(/C=C/C(=O)c2cn(C3CC3)c3c(OC)c(N4CCN(C(C)=O)C(C)C4)c(F)cc3c2=O)cc(OC)c1OC. The molecule has 43 heavy (non-hydrogen) atoms. The van der Waals surface area contributed by atoms with Crippen LogP contribution < -0.4 is 29.3 Å². The van der Waals surface area contributed by atoms with Crippen LogP contribution in [0.4, 0.5) is 10.1 Å². The van der Waals surface area contributed by atoms with E-state index in [1.807, 2.05) is 16.4 Å². The molecule has 0 spiro atoms. The van der Waals surface area contributed by atoms with E-state index < -0.39 is 17.0 Å². The molecule has 3 aromatic rings. The summed E-state index contributed by atoms with van der Waals surface area (Å²) in [6, 6.07) is 4.50. The highest BCUT2D eigenvalue weighted by Gasteiger charge is 2.33. The van der Waals surface area contributed by atoms with Gasteiger partial charge in [-0.15, -0.1) is 0 Å². The van der Waals surface area contributed by atoms with E-state index in [0.29, 0.717) is 48.0 Å². The Labute approximate surface area is 249 Å².